The molecule has 0 aliphatic rings. The Kier molecular flexibility index (Phi) is 5.20. The van der Waals surface area contributed by atoms with E-state index in [0.717, 1.165) is 0 Å². The summed E-state index contributed by atoms with van der Waals surface area (Å²) < 4.78 is 13.2. The fraction of sp³-hybridized carbons (Fsp3) is 0.231. The van der Waals surface area contributed by atoms with Gasteiger partial charge in [-0.3, -0.25) is 10.1 Å². The predicted molar refractivity (Wildman–Crippen MR) is 84.9 cm³/mol. The van der Waals surface area contributed by atoms with Crippen molar-refractivity contribution in [3.05, 3.63) is 40.2 Å². The second-order valence-electron chi connectivity index (χ2n) is 4.59. The molecule has 1 aromatic carbocycles. The third-order valence-corrected chi connectivity index (χ3v) is 2.84. The molecule has 0 atom stereocenters. The number of nitrogens with one attached hydrogen (secondary N) is 2. The summed E-state index contributed by atoms with van der Waals surface area (Å²) in [7, 11) is 0. The van der Waals surface area contributed by atoms with E-state index in [4.69, 9.17) is 11.5 Å². The standard InChI is InChI=1S/C13H16FN7O2/c14-8-3-1-4-9(7-8)18-12-10(21(22)23)11(16)19-13(20-12)17-6-2-5-15/h1,3-4,7H,2,5-6,15H2,(H4,16,17,18,19,20). The van der Waals surface area contributed by atoms with E-state index in [9.17, 15) is 14.5 Å². The molecule has 1 heterocycles. The largest absolute Gasteiger partial charge is 0.378 e. The van der Waals surface area contributed by atoms with E-state index in [0.29, 0.717) is 25.2 Å². The number of halogens is 1. The van der Waals surface area contributed by atoms with E-state index < -0.39 is 16.4 Å². The molecular weight excluding hydrogens is 305 g/mol. The maximum absolute atomic E-state index is 13.2. The van der Waals surface area contributed by atoms with Gasteiger partial charge in [-0.05, 0) is 31.2 Å². The van der Waals surface area contributed by atoms with Crippen LogP contribution < -0.4 is 22.1 Å². The molecule has 0 bridgehead atoms. The first-order valence-electron chi connectivity index (χ1n) is 6.79. The van der Waals surface area contributed by atoms with E-state index in [2.05, 4.69) is 20.6 Å². The second-order valence-corrected chi connectivity index (χ2v) is 4.59. The van der Waals surface area contributed by atoms with Crippen molar-refractivity contribution in [1.29, 1.82) is 0 Å². The molecule has 0 spiro atoms. The van der Waals surface area contributed by atoms with Crippen LogP contribution in [-0.2, 0) is 0 Å². The lowest BCUT2D eigenvalue weighted by Gasteiger charge is -2.10. The van der Waals surface area contributed by atoms with Crippen molar-refractivity contribution >= 4 is 29.0 Å². The highest BCUT2D eigenvalue weighted by Gasteiger charge is 2.23. The summed E-state index contributed by atoms with van der Waals surface area (Å²) in [4.78, 5) is 18.4. The summed E-state index contributed by atoms with van der Waals surface area (Å²) in [5, 5.41) is 16.7. The Morgan fingerprint density at radius 3 is 2.78 bits per heavy atom. The van der Waals surface area contributed by atoms with Crippen LogP contribution in [0.3, 0.4) is 0 Å². The van der Waals surface area contributed by atoms with Gasteiger partial charge in [0.25, 0.3) is 0 Å². The molecule has 122 valence electrons. The fourth-order valence-corrected chi connectivity index (χ4v) is 1.82. The third-order valence-electron chi connectivity index (χ3n) is 2.84. The quantitative estimate of drug-likeness (QED) is 0.342. The van der Waals surface area contributed by atoms with E-state index in [-0.39, 0.29) is 17.6 Å². The average molecular weight is 321 g/mol. The van der Waals surface area contributed by atoms with Gasteiger partial charge in [-0.1, -0.05) is 6.07 Å². The normalized spacial score (nSPS) is 10.3. The lowest BCUT2D eigenvalue weighted by molar-refractivity contribution is -0.383. The Labute approximate surface area is 131 Å². The number of aromatic nitrogens is 2. The summed E-state index contributed by atoms with van der Waals surface area (Å²) in [6.45, 7) is 0.969. The van der Waals surface area contributed by atoms with Gasteiger partial charge in [-0.25, -0.2) is 4.39 Å². The van der Waals surface area contributed by atoms with Crippen LogP contribution in [-0.4, -0.2) is 28.0 Å². The van der Waals surface area contributed by atoms with Crippen molar-refractivity contribution in [1.82, 2.24) is 9.97 Å². The van der Waals surface area contributed by atoms with Gasteiger partial charge in [0.05, 0.1) is 4.92 Å². The van der Waals surface area contributed by atoms with Crippen molar-refractivity contribution in [2.24, 2.45) is 5.73 Å². The number of anilines is 4. The van der Waals surface area contributed by atoms with Gasteiger partial charge in [-0.15, -0.1) is 0 Å². The molecule has 10 heteroatoms. The molecule has 0 amide bonds. The lowest BCUT2D eigenvalue weighted by Crippen LogP contribution is -2.13. The van der Waals surface area contributed by atoms with Gasteiger partial charge in [0.1, 0.15) is 5.82 Å². The van der Waals surface area contributed by atoms with E-state index >= 15 is 0 Å². The number of nitrogen functional groups attached to an aromatic ring is 1. The highest BCUT2D eigenvalue weighted by Crippen LogP contribution is 2.31. The highest BCUT2D eigenvalue weighted by atomic mass is 19.1. The van der Waals surface area contributed by atoms with Crippen LogP contribution in [0.1, 0.15) is 6.42 Å². The van der Waals surface area contributed by atoms with Crippen LogP contribution in [0.25, 0.3) is 0 Å². The van der Waals surface area contributed by atoms with Crippen LogP contribution in [0, 0.1) is 15.9 Å². The minimum Gasteiger partial charge on any atom is -0.378 e. The summed E-state index contributed by atoms with van der Waals surface area (Å²) in [5.41, 5.74) is 10.9. The molecule has 0 fully saturated rings. The first-order valence-corrected chi connectivity index (χ1v) is 6.79. The Morgan fingerprint density at radius 1 is 1.35 bits per heavy atom. The van der Waals surface area contributed by atoms with Crippen molar-refractivity contribution in [3.63, 3.8) is 0 Å². The summed E-state index contributed by atoms with van der Waals surface area (Å²) in [5.74, 6) is -0.774. The van der Waals surface area contributed by atoms with Gasteiger partial charge >= 0.3 is 5.69 Å². The molecule has 0 saturated carbocycles. The van der Waals surface area contributed by atoms with Gasteiger partial charge < -0.3 is 22.1 Å². The van der Waals surface area contributed by atoms with Crippen LogP contribution in [0.2, 0.25) is 0 Å². The minimum absolute atomic E-state index is 0.122. The molecule has 0 aliphatic carbocycles. The maximum Gasteiger partial charge on any atom is 0.353 e. The zero-order valence-electron chi connectivity index (χ0n) is 12.1. The lowest BCUT2D eigenvalue weighted by atomic mass is 10.3. The number of benzene rings is 1. The van der Waals surface area contributed by atoms with Crippen molar-refractivity contribution in [3.8, 4) is 0 Å². The van der Waals surface area contributed by atoms with Crippen LogP contribution in [0.15, 0.2) is 24.3 Å². The Hall–Kier alpha value is -3.01. The van der Waals surface area contributed by atoms with E-state index in [1.165, 1.54) is 18.2 Å². The average Bonchev–Trinajstić information content (AvgIpc) is 2.46. The summed E-state index contributed by atoms with van der Waals surface area (Å²) >= 11 is 0. The molecule has 9 nitrogen and oxygen atoms in total. The summed E-state index contributed by atoms with van der Waals surface area (Å²) in [6.07, 6.45) is 0.674. The number of rotatable bonds is 7. The molecule has 0 saturated heterocycles. The third kappa shape index (κ3) is 4.23. The number of nitro groups is 1. The Bertz CT molecular complexity index is 711. The first-order chi connectivity index (χ1) is 11.0. The van der Waals surface area contributed by atoms with Crippen LogP contribution in [0.5, 0.6) is 0 Å². The van der Waals surface area contributed by atoms with Crippen molar-refractivity contribution in [2.45, 2.75) is 6.42 Å². The molecule has 0 aliphatic heterocycles. The number of nitrogens with zero attached hydrogens (tertiary/aromatic N) is 3. The molecule has 2 aromatic rings. The van der Waals surface area contributed by atoms with Gasteiger partial charge in [0.2, 0.25) is 17.6 Å². The van der Waals surface area contributed by atoms with E-state index in [1.807, 2.05) is 0 Å². The summed E-state index contributed by atoms with van der Waals surface area (Å²) in [6, 6.07) is 5.46. The fourth-order valence-electron chi connectivity index (χ4n) is 1.82. The Balaban J connectivity index is 2.35. The van der Waals surface area contributed by atoms with Gasteiger partial charge in [0.15, 0.2) is 0 Å². The monoisotopic (exact) mass is 321 g/mol. The number of hydrogen-bond acceptors (Lipinski definition) is 8. The zero-order chi connectivity index (χ0) is 16.8. The molecular formula is C13H16FN7O2. The van der Waals surface area contributed by atoms with Crippen LogP contribution >= 0.6 is 0 Å². The molecule has 2 rings (SSSR count). The Morgan fingerprint density at radius 2 is 2.13 bits per heavy atom. The maximum atomic E-state index is 13.2. The van der Waals surface area contributed by atoms with Crippen molar-refractivity contribution < 1.29 is 9.31 Å². The molecule has 6 N–H and O–H groups in total. The number of hydrogen-bond donors (Lipinski definition) is 4. The SMILES string of the molecule is NCCCNc1nc(N)c([N+](=O)[O-])c(Nc2cccc(F)c2)n1. The molecule has 1 aromatic heterocycles. The van der Waals surface area contributed by atoms with E-state index in [1.54, 1.807) is 6.07 Å². The smallest absolute Gasteiger partial charge is 0.353 e. The molecule has 23 heavy (non-hydrogen) atoms. The minimum atomic E-state index is -0.694. The predicted octanol–water partition coefficient (Wildman–Crippen LogP) is 1.61. The van der Waals surface area contributed by atoms with Gasteiger partial charge in [0, 0.05) is 12.2 Å². The molecule has 0 radical (unpaired) electrons. The second kappa shape index (κ2) is 7.31. The zero-order valence-corrected chi connectivity index (χ0v) is 12.1. The van der Waals surface area contributed by atoms with Gasteiger partial charge in [-0.2, -0.15) is 9.97 Å². The molecule has 0 unspecified atom stereocenters. The number of nitrogens with two attached hydrogens (primary N) is 2. The topological polar surface area (TPSA) is 145 Å². The van der Waals surface area contributed by atoms with Crippen LogP contribution in [0.4, 0.5) is 33.3 Å². The van der Waals surface area contributed by atoms with Crippen molar-refractivity contribution in [2.75, 3.05) is 29.5 Å². The highest BCUT2D eigenvalue weighted by molar-refractivity contribution is 5.74. The first kappa shape index (κ1) is 16.4.